The summed E-state index contributed by atoms with van der Waals surface area (Å²) in [5.41, 5.74) is 0.196. The molecule has 7 heteroatoms. The minimum atomic E-state index is -4.36. The van der Waals surface area contributed by atoms with E-state index in [0.29, 0.717) is 0 Å². The Kier molecular flexibility index (Phi) is 5.28. The van der Waals surface area contributed by atoms with Crippen LogP contribution in [0.15, 0.2) is 30.3 Å². The van der Waals surface area contributed by atoms with Crippen LogP contribution in [-0.2, 0) is 10.3 Å². The van der Waals surface area contributed by atoms with Crippen molar-refractivity contribution in [3.8, 4) is 0 Å². The summed E-state index contributed by atoms with van der Waals surface area (Å²) in [6.07, 6.45) is 0. The second-order valence-corrected chi connectivity index (χ2v) is 3.83. The number of benzene rings is 1. The summed E-state index contributed by atoms with van der Waals surface area (Å²) < 4.78 is 29.7. The van der Waals surface area contributed by atoms with Gasteiger partial charge in [-0.25, -0.2) is 0 Å². The van der Waals surface area contributed by atoms with E-state index in [-0.39, 0.29) is 39.1 Å². The summed E-state index contributed by atoms with van der Waals surface area (Å²) in [5, 5.41) is 0. The molecular formula is C6H7ClNNaO3S. The van der Waals surface area contributed by atoms with E-state index in [1.54, 1.807) is 18.2 Å². The van der Waals surface area contributed by atoms with Crippen LogP contribution in [0.5, 0.6) is 0 Å². The molecule has 0 aliphatic rings. The van der Waals surface area contributed by atoms with E-state index in [1.165, 1.54) is 12.1 Å². The second-order valence-electron chi connectivity index (χ2n) is 2.03. The van der Waals surface area contributed by atoms with E-state index in [0.717, 1.165) is 0 Å². The van der Waals surface area contributed by atoms with Crippen LogP contribution in [0.3, 0.4) is 0 Å². The van der Waals surface area contributed by atoms with Gasteiger partial charge in [-0.1, -0.05) is 18.2 Å². The van der Waals surface area contributed by atoms with Crippen molar-refractivity contribution in [1.82, 2.24) is 0 Å². The Labute approximate surface area is 104 Å². The van der Waals surface area contributed by atoms with Crippen LogP contribution < -0.4 is 3.82 Å². The van der Waals surface area contributed by atoms with Crippen molar-refractivity contribution in [1.29, 1.82) is 0 Å². The van der Waals surface area contributed by atoms with Crippen LogP contribution in [0.25, 0.3) is 0 Å². The average Bonchev–Trinajstić information content (AvgIpc) is 2.03. The molecule has 0 spiro atoms. The van der Waals surface area contributed by atoms with Gasteiger partial charge in [0.25, 0.3) is 0 Å². The van der Waals surface area contributed by atoms with Crippen molar-refractivity contribution >= 4 is 57.3 Å². The van der Waals surface area contributed by atoms with Crippen molar-refractivity contribution in [2.24, 2.45) is 0 Å². The Morgan fingerprint density at radius 2 is 1.69 bits per heavy atom. The fourth-order valence-corrected chi connectivity index (χ4v) is 1.18. The van der Waals surface area contributed by atoms with Crippen LogP contribution in [0.2, 0.25) is 0 Å². The van der Waals surface area contributed by atoms with Gasteiger partial charge in [-0.3, -0.25) is 4.55 Å². The average molecular weight is 232 g/mol. The standard InChI is InChI=1S/C6H6ClNO3S.Na.H/c7-8(12(9,10)11)6-4-2-1-3-5-6;;/h1-5H,(H,9,10,11);;. The first-order chi connectivity index (χ1) is 5.52. The van der Waals surface area contributed by atoms with E-state index < -0.39 is 10.3 Å². The molecule has 0 bridgehead atoms. The van der Waals surface area contributed by atoms with Crippen molar-refractivity contribution in [3.05, 3.63) is 30.3 Å². The molecule has 0 aliphatic heterocycles. The minimum absolute atomic E-state index is 0. The molecule has 0 atom stereocenters. The van der Waals surface area contributed by atoms with E-state index in [1.807, 2.05) is 0 Å². The molecule has 0 aliphatic carbocycles. The van der Waals surface area contributed by atoms with Gasteiger partial charge in [0.1, 0.15) is 0 Å². The third-order valence-electron chi connectivity index (χ3n) is 1.16. The summed E-state index contributed by atoms with van der Waals surface area (Å²) in [6.45, 7) is 0. The number of hydrogen-bond donors (Lipinski definition) is 1. The normalized spacial score (nSPS) is 10.3. The molecular weight excluding hydrogens is 225 g/mol. The number of halogens is 1. The first kappa shape index (κ1) is 13.2. The van der Waals surface area contributed by atoms with Crippen molar-refractivity contribution in [2.75, 3.05) is 3.82 Å². The summed E-state index contributed by atoms with van der Waals surface area (Å²) in [6, 6.07) is 7.84. The Morgan fingerprint density at radius 3 is 2.08 bits per heavy atom. The predicted octanol–water partition coefficient (Wildman–Crippen LogP) is 0.801. The zero-order valence-electron chi connectivity index (χ0n) is 5.88. The van der Waals surface area contributed by atoms with E-state index in [2.05, 4.69) is 0 Å². The summed E-state index contributed by atoms with van der Waals surface area (Å²) in [5.74, 6) is 0. The fraction of sp³-hybridized carbons (Fsp3) is 0. The number of nitrogens with zero attached hydrogens (tertiary/aromatic N) is 1. The Bertz CT molecular complexity index is 355. The fourth-order valence-electron chi connectivity index (χ4n) is 0.678. The van der Waals surface area contributed by atoms with E-state index in [4.69, 9.17) is 16.3 Å². The van der Waals surface area contributed by atoms with E-state index in [9.17, 15) is 8.42 Å². The second kappa shape index (κ2) is 5.19. The Morgan fingerprint density at radius 1 is 1.23 bits per heavy atom. The van der Waals surface area contributed by atoms with Crippen LogP contribution in [0, 0.1) is 0 Å². The SMILES string of the molecule is O=S(=O)(O)N(Cl)c1ccccc1.[NaH]. The Hall–Kier alpha value is 0.220. The van der Waals surface area contributed by atoms with Gasteiger partial charge in [0.05, 0.1) is 5.69 Å². The predicted molar refractivity (Wildman–Crippen MR) is 53.5 cm³/mol. The molecule has 13 heavy (non-hydrogen) atoms. The third-order valence-corrected chi connectivity index (χ3v) is 2.50. The van der Waals surface area contributed by atoms with E-state index >= 15 is 0 Å². The third kappa shape index (κ3) is 3.84. The number of rotatable bonds is 2. The van der Waals surface area contributed by atoms with Gasteiger partial charge in [-0.05, 0) is 12.1 Å². The molecule has 1 aromatic rings. The maximum absolute atomic E-state index is 10.5. The topological polar surface area (TPSA) is 57.6 Å². The van der Waals surface area contributed by atoms with Crippen LogP contribution in [0.1, 0.15) is 0 Å². The summed E-state index contributed by atoms with van der Waals surface area (Å²) >= 11 is 5.28. The molecule has 0 aromatic heterocycles. The molecule has 0 radical (unpaired) electrons. The van der Waals surface area contributed by atoms with Gasteiger partial charge < -0.3 is 0 Å². The summed E-state index contributed by atoms with van der Waals surface area (Å²) in [7, 11) is -4.36. The molecule has 0 fully saturated rings. The van der Waals surface area contributed by atoms with Crippen LogP contribution in [0.4, 0.5) is 5.69 Å². The van der Waals surface area contributed by atoms with Gasteiger partial charge >= 0.3 is 39.9 Å². The molecule has 1 rings (SSSR count). The molecule has 1 N–H and O–H groups in total. The number of para-hydroxylation sites is 1. The number of anilines is 1. The van der Waals surface area contributed by atoms with Crippen LogP contribution in [-0.4, -0.2) is 42.5 Å². The quantitative estimate of drug-likeness (QED) is 0.465. The molecule has 4 nitrogen and oxygen atoms in total. The molecule has 0 unspecified atom stereocenters. The molecule has 0 heterocycles. The van der Waals surface area contributed by atoms with Crippen LogP contribution >= 0.6 is 11.8 Å². The molecule has 0 saturated carbocycles. The zero-order chi connectivity index (χ0) is 9.19. The van der Waals surface area contributed by atoms with Gasteiger partial charge in [0.15, 0.2) is 0 Å². The van der Waals surface area contributed by atoms with Crippen molar-refractivity contribution < 1.29 is 13.0 Å². The van der Waals surface area contributed by atoms with Gasteiger partial charge in [0.2, 0.25) is 0 Å². The van der Waals surface area contributed by atoms with Crippen molar-refractivity contribution in [2.45, 2.75) is 0 Å². The molecule has 68 valence electrons. The van der Waals surface area contributed by atoms with Gasteiger partial charge in [0, 0.05) is 11.8 Å². The van der Waals surface area contributed by atoms with Gasteiger partial charge in [-0.2, -0.15) is 12.2 Å². The summed E-state index contributed by atoms with van der Waals surface area (Å²) in [4.78, 5) is 0. The van der Waals surface area contributed by atoms with Gasteiger partial charge in [-0.15, -0.1) is 0 Å². The monoisotopic (exact) mass is 231 g/mol. The molecule has 0 amide bonds. The van der Waals surface area contributed by atoms with Crippen molar-refractivity contribution in [3.63, 3.8) is 0 Å². The number of hydrogen-bond acceptors (Lipinski definition) is 2. The molecule has 1 aromatic carbocycles. The first-order valence-corrected chi connectivity index (χ1v) is 4.74. The Balaban J connectivity index is 0.00000144. The first-order valence-electron chi connectivity index (χ1n) is 3.00. The maximum atomic E-state index is 10.5. The zero-order valence-corrected chi connectivity index (χ0v) is 7.46. The molecule has 0 saturated heterocycles.